The van der Waals surface area contributed by atoms with Crippen molar-refractivity contribution in [1.82, 2.24) is 4.98 Å². The summed E-state index contributed by atoms with van der Waals surface area (Å²) in [6.07, 6.45) is 0. The van der Waals surface area contributed by atoms with Gasteiger partial charge in [0, 0.05) is 5.38 Å². The second-order valence-electron chi connectivity index (χ2n) is 1.26. The number of thiazole rings is 1. The van der Waals surface area contributed by atoms with Gasteiger partial charge in [-0.3, -0.25) is 0 Å². The van der Waals surface area contributed by atoms with E-state index in [2.05, 4.69) is 4.98 Å². The second kappa shape index (κ2) is 2.33. The van der Waals surface area contributed by atoms with Gasteiger partial charge in [-0.25, -0.2) is 4.98 Å². The monoisotopic (exact) mass is 149 g/mol. The van der Waals surface area contributed by atoms with Crippen LogP contribution in [-0.4, -0.2) is 10.1 Å². The largest absolute Gasteiger partial charge is 0.486 e. The van der Waals surface area contributed by atoms with Crippen LogP contribution >= 0.6 is 22.9 Å². The lowest BCUT2D eigenvalue weighted by Crippen LogP contribution is -1.71. The second-order valence-corrected chi connectivity index (χ2v) is 2.36. The third-order valence-corrected chi connectivity index (χ3v) is 1.64. The van der Waals surface area contributed by atoms with Gasteiger partial charge in [0.05, 0.1) is 11.6 Å². The molecule has 0 amide bonds. The first kappa shape index (κ1) is 5.85. The maximum Gasteiger partial charge on any atom is 0.270 e. The predicted octanol–water partition coefficient (Wildman–Crippen LogP) is 1.59. The van der Waals surface area contributed by atoms with E-state index in [1.165, 1.54) is 11.3 Å². The Morgan fingerprint density at radius 2 is 2.62 bits per heavy atom. The van der Waals surface area contributed by atoms with E-state index in [4.69, 9.17) is 16.7 Å². The fraction of sp³-hybridized carbons (Fsp3) is 0.250. The zero-order chi connectivity index (χ0) is 5.98. The van der Waals surface area contributed by atoms with Gasteiger partial charge in [-0.1, -0.05) is 11.3 Å². The number of alkyl halides is 1. The van der Waals surface area contributed by atoms with Gasteiger partial charge >= 0.3 is 0 Å². The Kier molecular flexibility index (Phi) is 1.70. The molecule has 0 aliphatic carbocycles. The molecule has 1 heterocycles. The average Bonchev–Trinajstić information content (AvgIpc) is 2.14. The standard InChI is InChI=1S/C4H4ClNOS/c5-1-3-2-8-4(7)6-3/h2H,1H2,(H,6,7). The minimum absolute atomic E-state index is 0.0839. The normalized spacial score (nSPS) is 9.62. The number of aromatic hydroxyl groups is 1. The summed E-state index contributed by atoms with van der Waals surface area (Å²) in [5, 5.41) is 10.4. The Morgan fingerprint density at radius 1 is 1.88 bits per heavy atom. The van der Waals surface area contributed by atoms with Gasteiger partial charge in [0.1, 0.15) is 0 Å². The highest BCUT2D eigenvalue weighted by molar-refractivity contribution is 7.11. The van der Waals surface area contributed by atoms with Crippen molar-refractivity contribution in [2.24, 2.45) is 0 Å². The van der Waals surface area contributed by atoms with Gasteiger partial charge in [-0.15, -0.1) is 11.6 Å². The predicted molar refractivity (Wildman–Crippen MR) is 33.3 cm³/mol. The molecule has 0 saturated carbocycles. The summed E-state index contributed by atoms with van der Waals surface area (Å²) in [4.78, 5) is 3.67. The first-order valence-corrected chi connectivity index (χ1v) is 3.43. The SMILES string of the molecule is Oc1nc(CCl)cs1. The van der Waals surface area contributed by atoms with Crippen molar-refractivity contribution in [1.29, 1.82) is 0 Å². The van der Waals surface area contributed by atoms with E-state index in [1.54, 1.807) is 5.38 Å². The molecule has 0 aliphatic rings. The number of aromatic nitrogens is 1. The first-order chi connectivity index (χ1) is 3.83. The van der Waals surface area contributed by atoms with E-state index >= 15 is 0 Å². The van der Waals surface area contributed by atoms with Gasteiger partial charge in [0.25, 0.3) is 5.19 Å². The molecule has 2 nitrogen and oxygen atoms in total. The number of hydrogen-bond donors (Lipinski definition) is 1. The van der Waals surface area contributed by atoms with E-state index in [0.717, 1.165) is 5.69 Å². The van der Waals surface area contributed by atoms with Crippen molar-refractivity contribution in [3.05, 3.63) is 11.1 Å². The minimum Gasteiger partial charge on any atom is -0.486 e. The van der Waals surface area contributed by atoms with Crippen LogP contribution in [0.15, 0.2) is 5.38 Å². The molecule has 0 atom stereocenters. The van der Waals surface area contributed by atoms with Crippen LogP contribution in [0.5, 0.6) is 5.19 Å². The molecular weight excluding hydrogens is 146 g/mol. The smallest absolute Gasteiger partial charge is 0.270 e. The number of nitrogens with zero attached hydrogens (tertiary/aromatic N) is 1. The van der Waals surface area contributed by atoms with Crippen LogP contribution < -0.4 is 0 Å². The quantitative estimate of drug-likeness (QED) is 0.616. The summed E-state index contributed by atoms with van der Waals surface area (Å²) in [7, 11) is 0. The summed E-state index contributed by atoms with van der Waals surface area (Å²) < 4.78 is 0. The Balaban J connectivity index is 2.84. The number of rotatable bonds is 1. The Hall–Kier alpha value is -0.280. The van der Waals surface area contributed by atoms with Crippen molar-refractivity contribution >= 4 is 22.9 Å². The topological polar surface area (TPSA) is 33.1 Å². The molecule has 0 aliphatic heterocycles. The highest BCUT2D eigenvalue weighted by Crippen LogP contribution is 2.16. The molecule has 0 unspecified atom stereocenters. The van der Waals surface area contributed by atoms with Crippen molar-refractivity contribution in [3.63, 3.8) is 0 Å². The average molecular weight is 150 g/mol. The van der Waals surface area contributed by atoms with E-state index < -0.39 is 0 Å². The summed E-state index contributed by atoms with van der Waals surface area (Å²) in [5.41, 5.74) is 0.731. The van der Waals surface area contributed by atoms with Crippen molar-refractivity contribution in [2.75, 3.05) is 0 Å². The summed E-state index contributed by atoms with van der Waals surface area (Å²) in [6.45, 7) is 0. The maximum absolute atomic E-state index is 8.63. The fourth-order valence-corrected chi connectivity index (χ4v) is 1.13. The van der Waals surface area contributed by atoms with E-state index in [0.29, 0.717) is 5.88 Å². The number of hydrogen-bond acceptors (Lipinski definition) is 3. The van der Waals surface area contributed by atoms with E-state index in [1.807, 2.05) is 0 Å². The van der Waals surface area contributed by atoms with E-state index in [-0.39, 0.29) is 5.19 Å². The van der Waals surface area contributed by atoms with E-state index in [9.17, 15) is 0 Å². The molecule has 8 heavy (non-hydrogen) atoms. The minimum atomic E-state index is 0.0839. The molecule has 1 aromatic rings. The summed E-state index contributed by atoms with van der Waals surface area (Å²) in [6, 6.07) is 0. The van der Waals surface area contributed by atoms with Crippen LogP contribution in [0.1, 0.15) is 5.69 Å². The van der Waals surface area contributed by atoms with Gasteiger partial charge in [0.2, 0.25) is 0 Å². The lowest BCUT2D eigenvalue weighted by atomic mass is 10.6. The molecular formula is C4H4ClNOS. The molecule has 4 heteroatoms. The van der Waals surface area contributed by atoms with Crippen molar-refractivity contribution in [2.45, 2.75) is 5.88 Å². The lowest BCUT2D eigenvalue weighted by molar-refractivity contribution is 0.470. The molecule has 1 aromatic heterocycles. The zero-order valence-corrected chi connectivity index (χ0v) is 5.54. The highest BCUT2D eigenvalue weighted by atomic mass is 35.5. The fourth-order valence-electron chi connectivity index (χ4n) is 0.358. The first-order valence-electron chi connectivity index (χ1n) is 2.02. The number of halogens is 1. The molecule has 0 bridgehead atoms. The highest BCUT2D eigenvalue weighted by Gasteiger charge is 1.94. The van der Waals surface area contributed by atoms with Crippen LogP contribution in [0.3, 0.4) is 0 Å². The third-order valence-electron chi connectivity index (χ3n) is 0.677. The van der Waals surface area contributed by atoms with Crippen molar-refractivity contribution in [3.8, 4) is 5.19 Å². The molecule has 0 aromatic carbocycles. The summed E-state index contributed by atoms with van der Waals surface area (Å²) >= 11 is 6.56. The lowest BCUT2D eigenvalue weighted by Gasteiger charge is -1.77. The molecule has 0 saturated heterocycles. The zero-order valence-electron chi connectivity index (χ0n) is 3.97. The van der Waals surface area contributed by atoms with Gasteiger partial charge in [0.15, 0.2) is 0 Å². The Labute approximate surface area is 55.8 Å². The van der Waals surface area contributed by atoms with Gasteiger partial charge in [-0.2, -0.15) is 0 Å². The van der Waals surface area contributed by atoms with Crippen LogP contribution in [-0.2, 0) is 5.88 Å². The van der Waals surface area contributed by atoms with Crippen molar-refractivity contribution < 1.29 is 5.11 Å². The molecule has 0 fully saturated rings. The molecule has 1 rings (SSSR count). The molecule has 0 spiro atoms. The molecule has 0 radical (unpaired) electrons. The Bertz CT molecular complexity index is 176. The van der Waals surface area contributed by atoms with Crippen LogP contribution in [0.25, 0.3) is 0 Å². The molecule has 1 N–H and O–H groups in total. The van der Waals surface area contributed by atoms with Crippen LogP contribution in [0.2, 0.25) is 0 Å². The summed E-state index contributed by atoms with van der Waals surface area (Å²) in [5.74, 6) is 0.372. The molecule has 44 valence electrons. The van der Waals surface area contributed by atoms with Crippen LogP contribution in [0, 0.1) is 0 Å². The maximum atomic E-state index is 8.63. The van der Waals surface area contributed by atoms with Crippen LogP contribution in [0.4, 0.5) is 0 Å². The van der Waals surface area contributed by atoms with Gasteiger partial charge < -0.3 is 5.11 Å². The van der Waals surface area contributed by atoms with Gasteiger partial charge in [-0.05, 0) is 0 Å². The third kappa shape index (κ3) is 1.11. The Morgan fingerprint density at radius 3 is 2.88 bits per heavy atom.